The Morgan fingerprint density at radius 3 is 2.25 bits per heavy atom. The van der Waals surface area contributed by atoms with E-state index >= 15 is 0 Å². The van der Waals surface area contributed by atoms with Crippen LogP contribution >= 0.6 is 0 Å². The third kappa shape index (κ3) is 4.91. The van der Waals surface area contributed by atoms with Gasteiger partial charge in [0.1, 0.15) is 12.6 Å². The number of ether oxygens (including phenoxy) is 1. The van der Waals surface area contributed by atoms with Crippen LogP contribution in [0, 0.1) is 0 Å². The van der Waals surface area contributed by atoms with Gasteiger partial charge in [0.2, 0.25) is 0 Å². The monoisotopic (exact) mass is 278 g/mol. The van der Waals surface area contributed by atoms with E-state index in [9.17, 15) is 9.59 Å². The molecule has 5 heteroatoms. The van der Waals surface area contributed by atoms with Crippen LogP contribution in [0.15, 0.2) is 24.3 Å². The van der Waals surface area contributed by atoms with Crippen LogP contribution in [-0.4, -0.2) is 18.0 Å². The zero-order valence-corrected chi connectivity index (χ0v) is 12.4. The Bertz CT molecular complexity index is 475. The summed E-state index contributed by atoms with van der Waals surface area (Å²) in [5.74, 6) is -0.510. The molecule has 1 atom stereocenters. The Hall–Kier alpha value is -2.04. The molecule has 110 valence electrons. The first-order chi connectivity index (χ1) is 9.20. The number of carbonyl (C=O) groups is 2. The van der Waals surface area contributed by atoms with Crippen molar-refractivity contribution in [3.8, 4) is 0 Å². The van der Waals surface area contributed by atoms with E-state index in [0.29, 0.717) is 0 Å². The normalized spacial score (nSPS) is 12.6. The Labute approximate surface area is 119 Å². The lowest BCUT2D eigenvalue weighted by Crippen LogP contribution is -2.42. The van der Waals surface area contributed by atoms with E-state index in [4.69, 9.17) is 10.5 Å². The van der Waals surface area contributed by atoms with E-state index < -0.39 is 18.0 Å². The van der Waals surface area contributed by atoms with Gasteiger partial charge in [-0.05, 0) is 23.5 Å². The predicted molar refractivity (Wildman–Crippen MR) is 77.1 cm³/mol. The molecule has 3 N–H and O–H groups in total. The second-order valence-corrected chi connectivity index (χ2v) is 5.78. The molecular weight excluding hydrogens is 256 g/mol. The van der Waals surface area contributed by atoms with Crippen molar-refractivity contribution < 1.29 is 14.3 Å². The number of amides is 2. The van der Waals surface area contributed by atoms with E-state index in [1.807, 2.05) is 24.3 Å². The summed E-state index contributed by atoms with van der Waals surface area (Å²) in [5, 5.41) is 2.27. The quantitative estimate of drug-likeness (QED) is 0.827. The van der Waals surface area contributed by atoms with Gasteiger partial charge >= 0.3 is 12.0 Å². The maximum Gasteiger partial charge on any atom is 0.328 e. The van der Waals surface area contributed by atoms with Gasteiger partial charge < -0.3 is 15.8 Å². The van der Waals surface area contributed by atoms with Crippen molar-refractivity contribution in [1.82, 2.24) is 5.32 Å². The molecule has 0 unspecified atom stereocenters. The van der Waals surface area contributed by atoms with Gasteiger partial charge in [-0.15, -0.1) is 0 Å². The highest BCUT2D eigenvalue weighted by Crippen LogP contribution is 2.22. The average molecular weight is 278 g/mol. The molecule has 0 aliphatic carbocycles. The van der Waals surface area contributed by atoms with Gasteiger partial charge in [-0.25, -0.2) is 9.59 Å². The van der Waals surface area contributed by atoms with Crippen molar-refractivity contribution in [2.45, 2.75) is 45.8 Å². The molecule has 2 amide bonds. The number of carbonyl (C=O) groups excluding carboxylic acids is 2. The van der Waals surface area contributed by atoms with Gasteiger partial charge in [0.25, 0.3) is 0 Å². The van der Waals surface area contributed by atoms with Crippen molar-refractivity contribution >= 4 is 12.0 Å². The number of urea groups is 1. The van der Waals surface area contributed by atoms with Gasteiger partial charge in [0.15, 0.2) is 0 Å². The minimum absolute atomic E-state index is 0.0924. The Morgan fingerprint density at radius 2 is 1.80 bits per heavy atom. The number of esters is 1. The summed E-state index contributed by atoms with van der Waals surface area (Å²) in [5.41, 5.74) is 7.15. The molecule has 1 aromatic carbocycles. The summed E-state index contributed by atoms with van der Waals surface area (Å²) in [6, 6.07) is 6.41. The molecule has 20 heavy (non-hydrogen) atoms. The molecule has 0 saturated carbocycles. The molecular formula is C15H22N2O3. The van der Waals surface area contributed by atoms with Crippen LogP contribution in [0.5, 0.6) is 0 Å². The van der Waals surface area contributed by atoms with Crippen molar-refractivity contribution in [2.75, 3.05) is 0 Å². The van der Waals surface area contributed by atoms with Gasteiger partial charge in [-0.2, -0.15) is 0 Å². The SMILES string of the molecule is C[C@@H](NC(N)=O)C(=O)OCc1ccc(C(C)(C)C)cc1. The van der Waals surface area contributed by atoms with Crippen molar-refractivity contribution in [3.05, 3.63) is 35.4 Å². The van der Waals surface area contributed by atoms with Crippen LogP contribution in [0.3, 0.4) is 0 Å². The van der Waals surface area contributed by atoms with Crippen LogP contribution in [0.25, 0.3) is 0 Å². The van der Waals surface area contributed by atoms with Crippen molar-refractivity contribution in [2.24, 2.45) is 5.73 Å². The van der Waals surface area contributed by atoms with Gasteiger partial charge in [-0.1, -0.05) is 45.0 Å². The van der Waals surface area contributed by atoms with E-state index in [0.717, 1.165) is 5.56 Å². The fourth-order valence-corrected chi connectivity index (χ4v) is 1.65. The lowest BCUT2D eigenvalue weighted by atomic mass is 9.87. The summed E-state index contributed by atoms with van der Waals surface area (Å²) in [6.45, 7) is 8.11. The molecule has 0 radical (unpaired) electrons. The summed E-state index contributed by atoms with van der Waals surface area (Å²) in [7, 11) is 0. The highest BCUT2D eigenvalue weighted by Gasteiger charge is 2.16. The Morgan fingerprint density at radius 1 is 1.25 bits per heavy atom. The topological polar surface area (TPSA) is 81.4 Å². The molecule has 0 aliphatic rings. The number of hydrogen-bond donors (Lipinski definition) is 2. The van der Waals surface area contributed by atoms with E-state index in [1.54, 1.807) is 0 Å². The third-order valence-corrected chi connectivity index (χ3v) is 2.91. The zero-order valence-electron chi connectivity index (χ0n) is 12.4. The lowest BCUT2D eigenvalue weighted by molar-refractivity contribution is -0.146. The Kier molecular flexibility index (Phi) is 5.13. The first kappa shape index (κ1) is 16.0. The first-order valence-corrected chi connectivity index (χ1v) is 6.52. The summed E-state index contributed by atoms with van der Waals surface area (Å²) >= 11 is 0. The molecule has 0 bridgehead atoms. The first-order valence-electron chi connectivity index (χ1n) is 6.52. The highest BCUT2D eigenvalue weighted by atomic mass is 16.5. The van der Waals surface area contributed by atoms with E-state index in [-0.39, 0.29) is 12.0 Å². The average Bonchev–Trinajstić information content (AvgIpc) is 2.34. The summed E-state index contributed by atoms with van der Waals surface area (Å²) < 4.78 is 5.11. The molecule has 1 aromatic rings. The van der Waals surface area contributed by atoms with Crippen molar-refractivity contribution in [1.29, 1.82) is 0 Å². The maximum absolute atomic E-state index is 11.6. The van der Waals surface area contributed by atoms with E-state index in [2.05, 4.69) is 26.1 Å². The second-order valence-electron chi connectivity index (χ2n) is 5.78. The maximum atomic E-state index is 11.6. The molecule has 0 spiro atoms. The Balaban J connectivity index is 2.54. The minimum Gasteiger partial charge on any atom is -0.459 e. The molecule has 0 heterocycles. The van der Waals surface area contributed by atoms with Crippen LogP contribution in [0.4, 0.5) is 4.79 Å². The van der Waals surface area contributed by atoms with Crippen LogP contribution < -0.4 is 11.1 Å². The second kappa shape index (κ2) is 6.41. The largest absolute Gasteiger partial charge is 0.459 e. The highest BCUT2D eigenvalue weighted by molar-refractivity contribution is 5.82. The summed E-state index contributed by atoms with van der Waals surface area (Å²) in [6.07, 6.45) is 0. The third-order valence-electron chi connectivity index (χ3n) is 2.91. The number of nitrogens with one attached hydrogen (secondary N) is 1. The lowest BCUT2D eigenvalue weighted by Gasteiger charge is -2.19. The minimum atomic E-state index is -0.749. The number of benzene rings is 1. The molecule has 0 aliphatic heterocycles. The molecule has 0 fully saturated rings. The smallest absolute Gasteiger partial charge is 0.328 e. The van der Waals surface area contributed by atoms with E-state index in [1.165, 1.54) is 12.5 Å². The zero-order chi connectivity index (χ0) is 15.3. The van der Waals surface area contributed by atoms with Gasteiger partial charge in [0.05, 0.1) is 0 Å². The van der Waals surface area contributed by atoms with Crippen LogP contribution in [0.1, 0.15) is 38.8 Å². The number of rotatable bonds is 4. The molecule has 1 rings (SSSR count). The van der Waals surface area contributed by atoms with Gasteiger partial charge in [-0.3, -0.25) is 0 Å². The van der Waals surface area contributed by atoms with Gasteiger partial charge in [0, 0.05) is 0 Å². The van der Waals surface area contributed by atoms with Crippen LogP contribution in [-0.2, 0) is 21.6 Å². The fourth-order valence-electron chi connectivity index (χ4n) is 1.65. The fraction of sp³-hybridized carbons (Fsp3) is 0.467. The predicted octanol–water partition coefficient (Wildman–Crippen LogP) is 2.08. The molecule has 0 aromatic heterocycles. The number of primary amides is 1. The number of hydrogen-bond acceptors (Lipinski definition) is 3. The van der Waals surface area contributed by atoms with Crippen molar-refractivity contribution in [3.63, 3.8) is 0 Å². The number of nitrogens with two attached hydrogens (primary N) is 1. The molecule has 0 saturated heterocycles. The molecule has 5 nitrogen and oxygen atoms in total. The van der Waals surface area contributed by atoms with Crippen LogP contribution in [0.2, 0.25) is 0 Å². The summed E-state index contributed by atoms with van der Waals surface area (Å²) in [4.78, 5) is 22.2. The standard InChI is InChI=1S/C15H22N2O3/c1-10(17-14(16)19)13(18)20-9-11-5-7-12(8-6-11)15(2,3)4/h5-8,10H,9H2,1-4H3,(H3,16,17,19)/t10-/m1/s1.